The van der Waals surface area contributed by atoms with Crippen LogP contribution in [0.3, 0.4) is 0 Å². The van der Waals surface area contributed by atoms with Crippen molar-refractivity contribution in [1.29, 1.82) is 0 Å². The van der Waals surface area contributed by atoms with E-state index < -0.39 is 6.04 Å². The van der Waals surface area contributed by atoms with Gasteiger partial charge in [0.1, 0.15) is 0 Å². The van der Waals surface area contributed by atoms with Crippen LogP contribution in [0, 0.1) is 6.92 Å². The summed E-state index contributed by atoms with van der Waals surface area (Å²) in [6, 6.07) is 1.17. The molecule has 1 aromatic rings. The summed E-state index contributed by atoms with van der Waals surface area (Å²) in [6.07, 6.45) is 0. The van der Waals surface area contributed by atoms with Gasteiger partial charge in [-0.25, -0.2) is 0 Å². The van der Waals surface area contributed by atoms with Crippen LogP contribution in [-0.4, -0.2) is 18.5 Å². The Morgan fingerprint density at radius 3 is 3.00 bits per heavy atom. The second-order valence-electron chi connectivity index (χ2n) is 3.42. The maximum absolute atomic E-state index is 9.03. The van der Waals surface area contributed by atoms with Crippen LogP contribution < -0.4 is 15.2 Å². The fourth-order valence-electron chi connectivity index (χ4n) is 1.73. The lowest BCUT2D eigenvalue weighted by Crippen LogP contribution is -2.16. The van der Waals surface area contributed by atoms with Gasteiger partial charge in [0.2, 0.25) is 6.79 Å². The molecule has 15 heavy (non-hydrogen) atoms. The van der Waals surface area contributed by atoms with Crippen molar-refractivity contribution in [3.05, 3.63) is 22.2 Å². The maximum Gasteiger partial charge on any atom is 0.231 e. The first-order valence-corrected chi connectivity index (χ1v) is 4.98. The minimum atomic E-state index is -0.494. The van der Waals surface area contributed by atoms with Crippen LogP contribution in [0.2, 0.25) is 5.02 Å². The summed E-state index contributed by atoms with van der Waals surface area (Å²) in [5.41, 5.74) is 7.30. The van der Waals surface area contributed by atoms with E-state index in [9.17, 15) is 0 Å². The van der Waals surface area contributed by atoms with Crippen LogP contribution in [0.15, 0.2) is 6.07 Å². The monoisotopic (exact) mass is 229 g/mol. The van der Waals surface area contributed by atoms with Gasteiger partial charge in [-0.05, 0) is 12.5 Å². The number of halogens is 1. The van der Waals surface area contributed by atoms with E-state index in [1.54, 1.807) is 6.07 Å². The van der Waals surface area contributed by atoms with Gasteiger partial charge in [0.05, 0.1) is 12.6 Å². The van der Waals surface area contributed by atoms with E-state index in [1.165, 1.54) is 0 Å². The predicted octanol–water partition coefficient (Wildman–Crippen LogP) is 1.37. The summed E-state index contributed by atoms with van der Waals surface area (Å²) in [5, 5.41) is 9.53. The highest BCUT2D eigenvalue weighted by atomic mass is 35.5. The summed E-state index contributed by atoms with van der Waals surface area (Å²) >= 11 is 6.06. The van der Waals surface area contributed by atoms with E-state index in [1.807, 2.05) is 6.92 Å². The second kappa shape index (κ2) is 3.89. The third-order valence-electron chi connectivity index (χ3n) is 2.47. The third-order valence-corrected chi connectivity index (χ3v) is 2.78. The molecule has 1 aromatic carbocycles. The lowest BCUT2D eigenvalue weighted by molar-refractivity contribution is 0.173. The number of aliphatic hydroxyl groups is 1. The molecule has 0 saturated carbocycles. The molecule has 0 aliphatic carbocycles. The van der Waals surface area contributed by atoms with Gasteiger partial charge in [0.15, 0.2) is 11.5 Å². The number of ether oxygens (including phenoxy) is 2. The van der Waals surface area contributed by atoms with E-state index in [0.717, 1.165) is 5.56 Å². The van der Waals surface area contributed by atoms with E-state index in [0.29, 0.717) is 22.1 Å². The predicted molar refractivity (Wildman–Crippen MR) is 56.3 cm³/mol. The summed E-state index contributed by atoms with van der Waals surface area (Å²) in [5.74, 6) is 1.30. The van der Waals surface area contributed by atoms with Crippen molar-refractivity contribution < 1.29 is 14.6 Å². The maximum atomic E-state index is 9.03. The number of rotatable bonds is 2. The molecule has 0 amide bonds. The van der Waals surface area contributed by atoms with Crippen LogP contribution in [0.1, 0.15) is 17.2 Å². The van der Waals surface area contributed by atoms with Crippen molar-refractivity contribution >= 4 is 11.6 Å². The Bertz CT molecular complexity index is 395. The minimum Gasteiger partial charge on any atom is -0.454 e. The lowest BCUT2D eigenvalue weighted by Gasteiger charge is -2.15. The number of hydrogen-bond donors (Lipinski definition) is 2. The molecular formula is C10H12ClNO3. The van der Waals surface area contributed by atoms with Gasteiger partial charge in [-0.3, -0.25) is 0 Å². The molecule has 1 aliphatic rings. The molecule has 3 N–H and O–H groups in total. The average Bonchev–Trinajstić information content (AvgIpc) is 2.65. The Hall–Kier alpha value is -0.970. The van der Waals surface area contributed by atoms with Gasteiger partial charge in [-0.2, -0.15) is 0 Å². The standard InChI is InChI=1S/C10H12ClNO3/c1-5-9(7(12)3-13)6(11)2-8-10(5)15-4-14-8/h2,7,13H,3-4,12H2,1H3. The van der Waals surface area contributed by atoms with Crippen molar-refractivity contribution in [2.24, 2.45) is 5.73 Å². The molecule has 1 heterocycles. The molecule has 0 bridgehead atoms. The number of nitrogens with two attached hydrogens (primary N) is 1. The van der Waals surface area contributed by atoms with Crippen LogP contribution in [0.4, 0.5) is 0 Å². The Morgan fingerprint density at radius 2 is 2.33 bits per heavy atom. The first-order valence-electron chi connectivity index (χ1n) is 4.60. The van der Waals surface area contributed by atoms with Gasteiger partial charge < -0.3 is 20.3 Å². The van der Waals surface area contributed by atoms with Gasteiger partial charge in [0, 0.05) is 16.7 Å². The first-order chi connectivity index (χ1) is 7.15. The number of aliphatic hydroxyl groups excluding tert-OH is 1. The Kier molecular flexibility index (Phi) is 2.73. The SMILES string of the molecule is Cc1c2c(cc(Cl)c1C(N)CO)OCO2. The zero-order valence-electron chi connectivity index (χ0n) is 8.29. The Balaban J connectivity index is 2.56. The largest absolute Gasteiger partial charge is 0.454 e. The summed E-state index contributed by atoms with van der Waals surface area (Å²) in [7, 11) is 0. The molecule has 0 saturated heterocycles. The number of hydrogen-bond acceptors (Lipinski definition) is 4. The number of fused-ring (bicyclic) bond motifs is 1. The third kappa shape index (κ3) is 1.65. The van der Waals surface area contributed by atoms with E-state index in [2.05, 4.69) is 0 Å². The van der Waals surface area contributed by atoms with Crippen molar-refractivity contribution in [1.82, 2.24) is 0 Å². The van der Waals surface area contributed by atoms with Crippen molar-refractivity contribution in [2.75, 3.05) is 13.4 Å². The zero-order chi connectivity index (χ0) is 11.0. The van der Waals surface area contributed by atoms with Crippen LogP contribution >= 0.6 is 11.6 Å². The number of benzene rings is 1. The van der Waals surface area contributed by atoms with Crippen molar-refractivity contribution in [3.8, 4) is 11.5 Å². The quantitative estimate of drug-likeness (QED) is 0.804. The normalized spacial score (nSPS) is 15.5. The molecule has 4 nitrogen and oxygen atoms in total. The van der Waals surface area contributed by atoms with Gasteiger partial charge >= 0.3 is 0 Å². The van der Waals surface area contributed by atoms with Gasteiger partial charge in [0.25, 0.3) is 0 Å². The highest BCUT2D eigenvalue weighted by Gasteiger charge is 2.23. The molecule has 1 aliphatic heterocycles. The first kappa shape index (κ1) is 10.5. The fourth-order valence-corrected chi connectivity index (χ4v) is 2.11. The smallest absolute Gasteiger partial charge is 0.231 e. The molecule has 0 fully saturated rings. The molecule has 2 rings (SSSR count). The van der Waals surface area contributed by atoms with E-state index in [4.69, 9.17) is 31.9 Å². The van der Waals surface area contributed by atoms with Gasteiger partial charge in [-0.1, -0.05) is 11.6 Å². The molecule has 82 valence electrons. The Morgan fingerprint density at radius 1 is 1.60 bits per heavy atom. The van der Waals surface area contributed by atoms with Crippen molar-refractivity contribution in [3.63, 3.8) is 0 Å². The molecule has 0 aromatic heterocycles. The van der Waals surface area contributed by atoms with E-state index >= 15 is 0 Å². The highest BCUT2D eigenvalue weighted by Crippen LogP contribution is 2.42. The van der Waals surface area contributed by atoms with Crippen LogP contribution in [0.5, 0.6) is 11.5 Å². The van der Waals surface area contributed by atoms with E-state index in [-0.39, 0.29) is 13.4 Å². The van der Waals surface area contributed by atoms with Crippen LogP contribution in [-0.2, 0) is 0 Å². The summed E-state index contributed by atoms with van der Waals surface area (Å²) in [4.78, 5) is 0. The molecule has 1 atom stereocenters. The fraction of sp³-hybridized carbons (Fsp3) is 0.400. The molecule has 0 spiro atoms. The van der Waals surface area contributed by atoms with Crippen LogP contribution in [0.25, 0.3) is 0 Å². The minimum absolute atomic E-state index is 0.153. The molecule has 5 heteroatoms. The summed E-state index contributed by atoms with van der Waals surface area (Å²) < 4.78 is 10.5. The second-order valence-corrected chi connectivity index (χ2v) is 3.83. The lowest BCUT2D eigenvalue weighted by atomic mass is 10.0. The average molecular weight is 230 g/mol. The van der Waals surface area contributed by atoms with Crippen molar-refractivity contribution in [2.45, 2.75) is 13.0 Å². The summed E-state index contributed by atoms with van der Waals surface area (Å²) in [6.45, 7) is 1.90. The Labute approximate surface area is 92.5 Å². The molecular weight excluding hydrogens is 218 g/mol. The zero-order valence-corrected chi connectivity index (χ0v) is 9.04. The molecule has 0 radical (unpaired) electrons. The van der Waals surface area contributed by atoms with Gasteiger partial charge in [-0.15, -0.1) is 0 Å². The highest BCUT2D eigenvalue weighted by molar-refractivity contribution is 6.31. The molecule has 1 unspecified atom stereocenters. The topological polar surface area (TPSA) is 64.7 Å².